The molecule has 2 aromatic rings. The highest BCUT2D eigenvalue weighted by Crippen LogP contribution is 2.08. The Hall–Kier alpha value is -1.50. The van der Waals surface area contributed by atoms with Crippen LogP contribution in [0.1, 0.15) is 12.1 Å². The summed E-state index contributed by atoms with van der Waals surface area (Å²) in [6, 6.07) is 5.98. The molecule has 0 amide bonds. The molecule has 0 aliphatic carbocycles. The van der Waals surface area contributed by atoms with Crippen molar-refractivity contribution in [2.24, 2.45) is 5.73 Å². The van der Waals surface area contributed by atoms with Crippen molar-refractivity contribution in [3.63, 3.8) is 0 Å². The van der Waals surface area contributed by atoms with E-state index < -0.39 is 0 Å². The smallest absolute Gasteiger partial charge is 0.137 e. The van der Waals surface area contributed by atoms with Gasteiger partial charge in [0.2, 0.25) is 0 Å². The number of imidazole rings is 1. The van der Waals surface area contributed by atoms with Crippen LogP contribution in [0.5, 0.6) is 0 Å². The molecule has 6 heteroatoms. The third kappa shape index (κ3) is 4.26. The summed E-state index contributed by atoms with van der Waals surface area (Å²) in [5, 5.41) is 0. The third-order valence-electron chi connectivity index (χ3n) is 3.09. The number of fused-ring (bicyclic) bond motifs is 1. The van der Waals surface area contributed by atoms with Gasteiger partial charge in [0.05, 0.1) is 17.3 Å². The maximum atomic E-state index is 5.58. The first-order chi connectivity index (χ1) is 9.69. The molecule has 0 atom stereocenters. The molecule has 2 N–H and O–H groups in total. The Balaban J connectivity index is 2.03. The molecule has 2 rings (SSSR count). The van der Waals surface area contributed by atoms with Gasteiger partial charge >= 0.3 is 0 Å². The van der Waals surface area contributed by atoms with E-state index in [0.29, 0.717) is 18.0 Å². The van der Waals surface area contributed by atoms with E-state index in [2.05, 4.69) is 16.1 Å². The summed E-state index contributed by atoms with van der Waals surface area (Å²) in [6.07, 6.45) is 4.77. The number of nitrogens with two attached hydrogens (primary N) is 1. The second kappa shape index (κ2) is 7.33. The summed E-state index contributed by atoms with van der Waals surface area (Å²) in [5.41, 5.74) is 7.58. The quantitative estimate of drug-likeness (QED) is 0.747. The number of methoxy groups -OCH3 is 1. The van der Waals surface area contributed by atoms with Crippen molar-refractivity contribution in [3.05, 3.63) is 36.3 Å². The minimum atomic E-state index is 0.544. The number of hydrogen-bond donors (Lipinski definition) is 1. The zero-order chi connectivity index (χ0) is 14.4. The molecule has 0 aliphatic rings. The SMILES string of the molecule is COCCN(CCC(N)=S)Cc1cn2ccccc2n1. The number of ether oxygens (including phenoxy) is 1. The molecule has 0 bridgehead atoms. The minimum Gasteiger partial charge on any atom is -0.393 e. The number of nitrogens with zero attached hydrogens (tertiary/aromatic N) is 3. The first-order valence-electron chi connectivity index (χ1n) is 6.61. The maximum absolute atomic E-state index is 5.58. The Bertz CT molecular complexity index is 536. The Kier molecular flexibility index (Phi) is 5.46. The van der Waals surface area contributed by atoms with Crippen LogP contribution in [0.3, 0.4) is 0 Å². The van der Waals surface area contributed by atoms with Gasteiger partial charge in [-0.15, -0.1) is 0 Å². The topological polar surface area (TPSA) is 55.8 Å². The van der Waals surface area contributed by atoms with Crippen LogP contribution < -0.4 is 5.73 Å². The highest BCUT2D eigenvalue weighted by atomic mass is 32.1. The van der Waals surface area contributed by atoms with Crippen molar-refractivity contribution in [2.45, 2.75) is 13.0 Å². The van der Waals surface area contributed by atoms with E-state index in [-0.39, 0.29) is 0 Å². The van der Waals surface area contributed by atoms with Crippen molar-refractivity contribution in [2.75, 3.05) is 26.8 Å². The van der Waals surface area contributed by atoms with Crippen LogP contribution in [0.2, 0.25) is 0 Å². The number of rotatable bonds is 8. The first-order valence-corrected chi connectivity index (χ1v) is 7.02. The molecule has 0 spiro atoms. The van der Waals surface area contributed by atoms with Crippen LogP contribution in [0.4, 0.5) is 0 Å². The summed E-state index contributed by atoms with van der Waals surface area (Å²) in [5.74, 6) is 0. The van der Waals surface area contributed by atoms with Crippen LogP contribution in [-0.4, -0.2) is 46.1 Å². The zero-order valence-electron chi connectivity index (χ0n) is 11.7. The molecule has 0 saturated heterocycles. The highest BCUT2D eigenvalue weighted by Gasteiger charge is 2.09. The first kappa shape index (κ1) is 14.9. The van der Waals surface area contributed by atoms with E-state index in [1.165, 1.54) is 0 Å². The van der Waals surface area contributed by atoms with Crippen molar-refractivity contribution in [1.29, 1.82) is 0 Å². The molecule has 0 fully saturated rings. The van der Waals surface area contributed by atoms with Crippen molar-refractivity contribution >= 4 is 22.9 Å². The van der Waals surface area contributed by atoms with Crippen LogP contribution in [0.15, 0.2) is 30.6 Å². The van der Waals surface area contributed by atoms with Crippen LogP contribution >= 0.6 is 12.2 Å². The molecular formula is C14H20N4OS. The molecule has 0 saturated carbocycles. The molecule has 0 aromatic carbocycles. The Morgan fingerprint density at radius 2 is 2.30 bits per heavy atom. The molecule has 20 heavy (non-hydrogen) atoms. The predicted molar refractivity (Wildman–Crippen MR) is 83.7 cm³/mol. The molecule has 0 radical (unpaired) electrons. The van der Waals surface area contributed by atoms with Gasteiger partial charge in [-0.3, -0.25) is 4.90 Å². The fraction of sp³-hybridized carbons (Fsp3) is 0.429. The fourth-order valence-electron chi connectivity index (χ4n) is 2.05. The minimum absolute atomic E-state index is 0.544. The van der Waals surface area contributed by atoms with Gasteiger partial charge in [0.25, 0.3) is 0 Å². The summed E-state index contributed by atoms with van der Waals surface area (Å²) >= 11 is 4.94. The van der Waals surface area contributed by atoms with Gasteiger partial charge in [-0.2, -0.15) is 0 Å². The van der Waals surface area contributed by atoms with Gasteiger partial charge in [0.15, 0.2) is 0 Å². The third-order valence-corrected chi connectivity index (χ3v) is 3.29. The largest absolute Gasteiger partial charge is 0.393 e. The second-order valence-electron chi connectivity index (χ2n) is 4.68. The van der Waals surface area contributed by atoms with Gasteiger partial charge in [-0.25, -0.2) is 4.98 Å². The molecule has 0 unspecified atom stereocenters. The van der Waals surface area contributed by atoms with Crippen LogP contribution in [0, 0.1) is 0 Å². The van der Waals surface area contributed by atoms with E-state index in [0.717, 1.165) is 31.0 Å². The predicted octanol–water partition coefficient (Wildman–Crippen LogP) is 1.46. The van der Waals surface area contributed by atoms with Gasteiger partial charge in [0.1, 0.15) is 5.65 Å². The fourth-order valence-corrected chi connectivity index (χ4v) is 2.14. The molecule has 5 nitrogen and oxygen atoms in total. The highest BCUT2D eigenvalue weighted by molar-refractivity contribution is 7.80. The van der Waals surface area contributed by atoms with E-state index >= 15 is 0 Å². The van der Waals surface area contributed by atoms with E-state index in [1.807, 2.05) is 28.8 Å². The number of pyridine rings is 1. The molecule has 2 heterocycles. The Labute approximate surface area is 124 Å². The average molecular weight is 292 g/mol. The lowest BCUT2D eigenvalue weighted by Crippen LogP contribution is -2.30. The molecule has 2 aromatic heterocycles. The van der Waals surface area contributed by atoms with Crippen molar-refractivity contribution in [3.8, 4) is 0 Å². The second-order valence-corrected chi connectivity index (χ2v) is 5.21. The van der Waals surface area contributed by atoms with Gasteiger partial charge < -0.3 is 14.9 Å². The lowest BCUT2D eigenvalue weighted by molar-refractivity contribution is 0.145. The number of thiocarbonyl (C=S) groups is 1. The molecular weight excluding hydrogens is 272 g/mol. The van der Waals surface area contributed by atoms with Crippen molar-refractivity contribution < 1.29 is 4.74 Å². The van der Waals surface area contributed by atoms with E-state index in [4.69, 9.17) is 22.7 Å². The summed E-state index contributed by atoms with van der Waals surface area (Å²) in [7, 11) is 1.71. The van der Waals surface area contributed by atoms with E-state index in [9.17, 15) is 0 Å². The zero-order valence-corrected chi connectivity index (χ0v) is 12.5. The lowest BCUT2D eigenvalue weighted by atomic mass is 10.3. The van der Waals surface area contributed by atoms with Gasteiger partial charge in [0, 0.05) is 45.6 Å². The van der Waals surface area contributed by atoms with Gasteiger partial charge in [-0.1, -0.05) is 18.3 Å². The van der Waals surface area contributed by atoms with E-state index in [1.54, 1.807) is 7.11 Å². The number of aromatic nitrogens is 2. The van der Waals surface area contributed by atoms with Crippen LogP contribution in [0.25, 0.3) is 5.65 Å². The standard InChI is InChI=1S/C14H20N4OS/c1-19-9-8-17(7-5-13(15)20)10-12-11-18-6-3-2-4-14(18)16-12/h2-4,6,11H,5,7-10H2,1H3,(H2,15,20). The molecule has 0 aliphatic heterocycles. The maximum Gasteiger partial charge on any atom is 0.137 e. The summed E-state index contributed by atoms with van der Waals surface area (Å²) in [4.78, 5) is 7.40. The molecule has 108 valence electrons. The monoisotopic (exact) mass is 292 g/mol. The lowest BCUT2D eigenvalue weighted by Gasteiger charge is -2.20. The van der Waals surface area contributed by atoms with Crippen molar-refractivity contribution in [1.82, 2.24) is 14.3 Å². The van der Waals surface area contributed by atoms with Gasteiger partial charge in [-0.05, 0) is 12.1 Å². The Morgan fingerprint density at radius 1 is 1.45 bits per heavy atom. The summed E-state index contributed by atoms with van der Waals surface area (Å²) in [6.45, 7) is 3.12. The van der Waals surface area contributed by atoms with Crippen LogP contribution in [-0.2, 0) is 11.3 Å². The average Bonchev–Trinajstić information content (AvgIpc) is 2.83. The summed E-state index contributed by atoms with van der Waals surface area (Å²) < 4.78 is 7.17. The normalized spacial score (nSPS) is 11.3. The Morgan fingerprint density at radius 3 is 3.00 bits per heavy atom. The number of hydrogen-bond acceptors (Lipinski definition) is 4.